The fourth-order valence-corrected chi connectivity index (χ4v) is 2.47. The van der Waals surface area contributed by atoms with E-state index in [1.54, 1.807) is 6.07 Å². The molecule has 0 aliphatic heterocycles. The lowest BCUT2D eigenvalue weighted by molar-refractivity contribution is 0.178. The minimum atomic E-state index is -0.571. The quantitative estimate of drug-likeness (QED) is 0.738. The third-order valence-electron chi connectivity index (χ3n) is 2.70. The van der Waals surface area contributed by atoms with E-state index in [1.807, 2.05) is 36.4 Å². The second-order valence-corrected chi connectivity index (χ2v) is 6.02. The lowest BCUT2D eigenvalue weighted by atomic mass is 10.0. The molecule has 0 aromatic heterocycles. The van der Waals surface area contributed by atoms with Crippen LogP contribution in [0.4, 0.5) is 0 Å². The molecule has 0 saturated heterocycles. The number of benzene rings is 2. The van der Waals surface area contributed by atoms with Gasteiger partial charge in [0.1, 0.15) is 0 Å². The fourth-order valence-electron chi connectivity index (χ4n) is 1.72. The highest BCUT2D eigenvalue weighted by atomic mass is 127. The van der Waals surface area contributed by atoms with E-state index < -0.39 is 6.10 Å². The summed E-state index contributed by atoms with van der Waals surface area (Å²) < 4.78 is 1.14. The van der Waals surface area contributed by atoms with E-state index in [0.717, 1.165) is 14.7 Å². The Morgan fingerprint density at radius 3 is 2.39 bits per heavy atom. The van der Waals surface area contributed by atoms with Gasteiger partial charge in [0, 0.05) is 9.99 Å². The van der Waals surface area contributed by atoms with Crippen LogP contribution in [0.3, 0.4) is 0 Å². The van der Waals surface area contributed by atoms with Crippen LogP contribution in [0.25, 0.3) is 0 Å². The molecule has 0 heterocycles. The first kappa shape index (κ1) is 14.1. The third-order valence-corrected chi connectivity index (χ3v) is 4.28. The van der Waals surface area contributed by atoms with Crippen molar-refractivity contribution in [2.24, 2.45) is 0 Å². The van der Waals surface area contributed by atoms with Gasteiger partial charge in [-0.05, 0) is 51.9 Å². The molecule has 0 aliphatic carbocycles. The molecular formula is C14H11Cl2IO. The van der Waals surface area contributed by atoms with Crippen molar-refractivity contribution < 1.29 is 5.11 Å². The minimum Gasteiger partial charge on any atom is -0.388 e. The van der Waals surface area contributed by atoms with Crippen molar-refractivity contribution in [3.63, 3.8) is 0 Å². The summed E-state index contributed by atoms with van der Waals surface area (Å²) in [7, 11) is 0. The average molecular weight is 393 g/mol. The van der Waals surface area contributed by atoms with Crippen LogP contribution in [0.1, 0.15) is 17.2 Å². The first-order valence-corrected chi connectivity index (χ1v) is 7.28. The van der Waals surface area contributed by atoms with Crippen molar-refractivity contribution in [2.45, 2.75) is 12.5 Å². The monoisotopic (exact) mass is 392 g/mol. The summed E-state index contributed by atoms with van der Waals surface area (Å²) in [4.78, 5) is 0. The highest BCUT2D eigenvalue weighted by Gasteiger charge is 2.12. The molecule has 2 rings (SSSR count). The van der Waals surface area contributed by atoms with E-state index in [4.69, 9.17) is 23.2 Å². The standard InChI is InChI=1S/C14H11Cl2IO/c15-12-3-1-2-10(14(12)16)8-13(18)9-4-6-11(17)7-5-9/h1-7,13,18H,8H2. The van der Waals surface area contributed by atoms with E-state index in [0.29, 0.717) is 16.5 Å². The molecule has 1 unspecified atom stereocenters. The molecule has 0 saturated carbocycles. The molecule has 0 aliphatic rings. The zero-order valence-corrected chi connectivity index (χ0v) is 13.1. The lowest BCUT2D eigenvalue weighted by Gasteiger charge is -2.13. The summed E-state index contributed by atoms with van der Waals surface area (Å²) >= 11 is 14.3. The lowest BCUT2D eigenvalue weighted by Crippen LogP contribution is -2.02. The van der Waals surface area contributed by atoms with Gasteiger partial charge in [0.2, 0.25) is 0 Å². The Balaban J connectivity index is 2.18. The topological polar surface area (TPSA) is 20.2 Å². The van der Waals surface area contributed by atoms with Gasteiger partial charge in [0.05, 0.1) is 16.1 Å². The SMILES string of the molecule is OC(Cc1cccc(Cl)c1Cl)c1ccc(I)cc1. The molecule has 0 spiro atoms. The Hall–Kier alpha value is -0.290. The van der Waals surface area contributed by atoms with Gasteiger partial charge in [-0.25, -0.2) is 0 Å². The van der Waals surface area contributed by atoms with Crippen molar-refractivity contribution in [3.8, 4) is 0 Å². The smallest absolute Gasteiger partial charge is 0.0830 e. The van der Waals surface area contributed by atoms with Crippen molar-refractivity contribution >= 4 is 45.8 Å². The van der Waals surface area contributed by atoms with Crippen LogP contribution in [0.15, 0.2) is 42.5 Å². The van der Waals surface area contributed by atoms with Crippen LogP contribution in [0.5, 0.6) is 0 Å². The molecule has 0 fully saturated rings. The number of hydrogen-bond acceptors (Lipinski definition) is 1. The molecule has 0 radical (unpaired) electrons. The van der Waals surface area contributed by atoms with E-state index in [2.05, 4.69) is 22.6 Å². The van der Waals surface area contributed by atoms with Crippen molar-refractivity contribution in [2.75, 3.05) is 0 Å². The van der Waals surface area contributed by atoms with Gasteiger partial charge in [-0.3, -0.25) is 0 Å². The number of hydrogen-bond donors (Lipinski definition) is 1. The van der Waals surface area contributed by atoms with E-state index in [1.165, 1.54) is 0 Å². The Morgan fingerprint density at radius 2 is 1.72 bits per heavy atom. The van der Waals surface area contributed by atoms with Crippen LogP contribution in [-0.2, 0) is 6.42 Å². The maximum Gasteiger partial charge on any atom is 0.0830 e. The summed E-state index contributed by atoms with van der Waals surface area (Å²) in [6.45, 7) is 0. The van der Waals surface area contributed by atoms with Gasteiger partial charge < -0.3 is 5.11 Å². The van der Waals surface area contributed by atoms with Crippen molar-refractivity contribution in [1.82, 2.24) is 0 Å². The summed E-state index contributed by atoms with van der Waals surface area (Å²) in [6, 6.07) is 13.2. The summed E-state index contributed by atoms with van der Waals surface area (Å²) in [5, 5.41) is 11.2. The van der Waals surface area contributed by atoms with Crippen LogP contribution in [0, 0.1) is 3.57 Å². The number of aliphatic hydroxyl groups excluding tert-OH is 1. The van der Waals surface area contributed by atoms with Crippen LogP contribution in [-0.4, -0.2) is 5.11 Å². The second-order valence-electron chi connectivity index (χ2n) is 3.98. The average Bonchev–Trinajstić information content (AvgIpc) is 2.36. The zero-order valence-electron chi connectivity index (χ0n) is 9.41. The Bertz CT molecular complexity index is 540. The summed E-state index contributed by atoms with van der Waals surface area (Å²) in [5.74, 6) is 0. The summed E-state index contributed by atoms with van der Waals surface area (Å²) in [5.41, 5.74) is 1.74. The van der Waals surface area contributed by atoms with Crippen LogP contribution in [0.2, 0.25) is 10.0 Å². The van der Waals surface area contributed by atoms with Crippen molar-refractivity contribution in [1.29, 1.82) is 0 Å². The molecule has 18 heavy (non-hydrogen) atoms. The predicted octanol–water partition coefficient (Wildman–Crippen LogP) is 4.87. The molecule has 94 valence electrons. The highest BCUT2D eigenvalue weighted by Crippen LogP contribution is 2.29. The number of aliphatic hydroxyl groups is 1. The Morgan fingerprint density at radius 1 is 1.06 bits per heavy atom. The normalized spacial score (nSPS) is 12.4. The van der Waals surface area contributed by atoms with Gasteiger partial charge in [0.25, 0.3) is 0 Å². The zero-order chi connectivity index (χ0) is 13.1. The first-order chi connectivity index (χ1) is 8.58. The molecule has 1 nitrogen and oxygen atoms in total. The molecule has 1 N–H and O–H groups in total. The fraction of sp³-hybridized carbons (Fsp3) is 0.143. The predicted molar refractivity (Wildman–Crippen MR) is 84.3 cm³/mol. The first-order valence-electron chi connectivity index (χ1n) is 5.44. The Labute approximate surface area is 130 Å². The minimum absolute atomic E-state index is 0.458. The molecule has 2 aromatic rings. The van der Waals surface area contributed by atoms with E-state index in [9.17, 15) is 5.11 Å². The molecule has 1 atom stereocenters. The van der Waals surface area contributed by atoms with Crippen LogP contribution < -0.4 is 0 Å². The third kappa shape index (κ3) is 3.38. The second kappa shape index (κ2) is 6.24. The van der Waals surface area contributed by atoms with Gasteiger partial charge >= 0.3 is 0 Å². The van der Waals surface area contributed by atoms with Gasteiger partial charge in [0.15, 0.2) is 0 Å². The van der Waals surface area contributed by atoms with Crippen LogP contribution >= 0.6 is 45.8 Å². The van der Waals surface area contributed by atoms with Gasteiger partial charge in [-0.2, -0.15) is 0 Å². The Kier molecular flexibility index (Phi) is 4.90. The van der Waals surface area contributed by atoms with Crippen molar-refractivity contribution in [3.05, 3.63) is 67.2 Å². The highest BCUT2D eigenvalue weighted by molar-refractivity contribution is 14.1. The summed E-state index contributed by atoms with van der Waals surface area (Å²) in [6.07, 6.45) is -0.113. The van der Waals surface area contributed by atoms with E-state index >= 15 is 0 Å². The maximum atomic E-state index is 10.2. The number of rotatable bonds is 3. The van der Waals surface area contributed by atoms with Gasteiger partial charge in [-0.1, -0.05) is 47.5 Å². The molecule has 0 bridgehead atoms. The largest absolute Gasteiger partial charge is 0.388 e. The number of halogens is 3. The van der Waals surface area contributed by atoms with Gasteiger partial charge in [-0.15, -0.1) is 0 Å². The maximum absolute atomic E-state index is 10.2. The molecular weight excluding hydrogens is 382 g/mol. The molecule has 4 heteroatoms. The molecule has 0 amide bonds. The van der Waals surface area contributed by atoms with E-state index in [-0.39, 0.29) is 0 Å². The molecule has 2 aromatic carbocycles.